The van der Waals surface area contributed by atoms with Crippen LogP contribution in [0.5, 0.6) is 0 Å². The van der Waals surface area contributed by atoms with Crippen molar-refractivity contribution < 1.29 is 9.90 Å². The van der Waals surface area contributed by atoms with Crippen molar-refractivity contribution in [1.29, 1.82) is 0 Å². The number of aryl methyl sites for hydroxylation is 1. The number of benzene rings is 2. The van der Waals surface area contributed by atoms with Crippen LogP contribution in [-0.2, 0) is 6.42 Å². The molecular formula is C17H13IO2. The lowest BCUT2D eigenvalue weighted by atomic mass is 10.1. The fraction of sp³-hybridized carbons (Fsp3) is 0.118. The molecule has 0 amide bonds. The van der Waals surface area contributed by atoms with Crippen molar-refractivity contribution in [1.82, 2.24) is 0 Å². The molecule has 0 radical (unpaired) electrons. The summed E-state index contributed by atoms with van der Waals surface area (Å²) in [6.45, 7) is 0. The zero-order chi connectivity index (χ0) is 14.4. The molecule has 0 spiro atoms. The second-order valence-electron chi connectivity index (χ2n) is 4.24. The number of rotatable bonds is 3. The average Bonchev–Trinajstić information content (AvgIpc) is 2.45. The van der Waals surface area contributed by atoms with Gasteiger partial charge in [-0.3, -0.25) is 0 Å². The van der Waals surface area contributed by atoms with Crippen molar-refractivity contribution in [2.45, 2.75) is 12.8 Å². The van der Waals surface area contributed by atoms with E-state index in [9.17, 15) is 4.79 Å². The van der Waals surface area contributed by atoms with Crippen LogP contribution in [0.15, 0.2) is 48.5 Å². The van der Waals surface area contributed by atoms with Gasteiger partial charge in [-0.2, -0.15) is 0 Å². The van der Waals surface area contributed by atoms with Gasteiger partial charge in [0.25, 0.3) is 0 Å². The van der Waals surface area contributed by atoms with E-state index in [1.54, 1.807) is 24.3 Å². The molecule has 0 aliphatic heterocycles. The van der Waals surface area contributed by atoms with Gasteiger partial charge in [-0.25, -0.2) is 4.79 Å². The molecule has 3 heteroatoms. The highest BCUT2D eigenvalue weighted by Crippen LogP contribution is 2.13. The summed E-state index contributed by atoms with van der Waals surface area (Å²) in [5.74, 6) is 5.07. The lowest BCUT2D eigenvalue weighted by Gasteiger charge is -2.00. The summed E-state index contributed by atoms with van der Waals surface area (Å²) < 4.78 is 1.23. The fourth-order valence-electron chi connectivity index (χ4n) is 1.83. The first-order valence-electron chi connectivity index (χ1n) is 6.23. The van der Waals surface area contributed by atoms with Gasteiger partial charge in [0, 0.05) is 15.6 Å². The maximum atomic E-state index is 11.1. The Bertz CT molecular complexity index is 681. The summed E-state index contributed by atoms with van der Waals surface area (Å²) in [7, 11) is 0. The standard InChI is InChI=1S/C17H13IO2/c18-16-12-6-4-10-14(16)9-2-1-7-13-8-3-5-11-15(13)17(19)20/h3-6,8,10-12H,2,9H2,(H,19,20). The molecule has 0 bridgehead atoms. The molecule has 0 aliphatic rings. The minimum atomic E-state index is -0.937. The van der Waals surface area contributed by atoms with Gasteiger partial charge >= 0.3 is 5.97 Å². The molecule has 2 nitrogen and oxygen atoms in total. The first-order chi connectivity index (χ1) is 9.68. The highest BCUT2D eigenvalue weighted by Gasteiger charge is 2.06. The third-order valence-electron chi connectivity index (χ3n) is 2.86. The number of carboxylic acid groups (broad SMARTS) is 1. The Morgan fingerprint density at radius 3 is 2.55 bits per heavy atom. The monoisotopic (exact) mass is 376 g/mol. The van der Waals surface area contributed by atoms with Crippen molar-refractivity contribution in [2.75, 3.05) is 0 Å². The first-order valence-corrected chi connectivity index (χ1v) is 7.31. The Morgan fingerprint density at radius 2 is 1.80 bits per heavy atom. The van der Waals surface area contributed by atoms with Crippen LogP contribution in [0.2, 0.25) is 0 Å². The molecule has 0 aromatic heterocycles. The largest absolute Gasteiger partial charge is 0.478 e. The first kappa shape index (κ1) is 14.6. The van der Waals surface area contributed by atoms with E-state index in [1.807, 2.05) is 12.1 Å². The Balaban J connectivity index is 2.06. The average molecular weight is 376 g/mol. The number of carboxylic acids is 1. The molecule has 0 saturated carbocycles. The predicted octanol–water partition coefficient (Wildman–Crippen LogP) is 3.97. The van der Waals surface area contributed by atoms with E-state index in [2.05, 4.69) is 46.6 Å². The molecule has 20 heavy (non-hydrogen) atoms. The smallest absolute Gasteiger partial charge is 0.336 e. The van der Waals surface area contributed by atoms with E-state index >= 15 is 0 Å². The van der Waals surface area contributed by atoms with Crippen LogP contribution >= 0.6 is 22.6 Å². The maximum absolute atomic E-state index is 11.1. The van der Waals surface area contributed by atoms with E-state index < -0.39 is 5.97 Å². The molecule has 0 fully saturated rings. The minimum absolute atomic E-state index is 0.259. The van der Waals surface area contributed by atoms with Gasteiger partial charge in [0.05, 0.1) is 5.56 Å². The number of hydrogen-bond donors (Lipinski definition) is 1. The predicted molar refractivity (Wildman–Crippen MR) is 87.8 cm³/mol. The third-order valence-corrected chi connectivity index (χ3v) is 3.91. The van der Waals surface area contributed by atoms with Gasteiger partial charge in [-0.15, -0.1) is 0 Å². The second kappa shape index (κ2) is 7.11. The SMILES string of the molecule is O=C(O)c1ccccc1C#CCCc1ccccc1I. The highest BCUT2D eigenvalue weighted by molar-refractivity contribution is 14.1. The lowest BCUT2D eigenvalue weighted by molar-refractivity contribution is 0.0696. The van der Waals surface area contributed by atoms with Gasteiger partial charge < -0.3 is 5.11 Å². The van der Waals surface area contributed by atoms with Crippen LogP contribution in [0.4, 0.5) is 0 Å². The Morgan fingerprint density at radius 1 is 1.10 bits per heavy atom. The molecule has 0 unspecified atom stereocenters. The van der Waals surface area contributed by atoms with Gasteiger partial charge in [-0.05, 0) is 52.8 Å². The molecule has 0 atom stereocenters. The number of carbonyl (C=O) groups is 1. The van der Waals surface area contributed by atoms with Gasteiger partial charge in [0.2, 0.25) is 0 Å². The number of halogens is 1. The molecule has 0 saturated heterocycles. The molecule has 100 valence electrons. The Labute approximate surface area is 132 Å². The van der Waals surface area contributed by atoms with Crippen LogP contribution in [0.25, 0.3) is 0 Å². The Kier molecular flexibility index (Phi) is 5.19. The topological polar surface area (TPSA) is 37.3 Å². The summed E-state index contributed by atoms with van der Waals surface area (Å²) >= 11 is 2.31. The Hall–Kier alpha value is -1.80. The lowest BCUT2D eigenvalue weighted by Crippen LogP contribution is -1.99. The fourth-order valence-corrected chi connectivity index (χ4v) is 2.49. The maximum Gasteiger partial charge on any atom is 0.336 e. The second-order valence-corrected chi connectivity index (χ2v) is 5.41. The van der Waals surface area contributed by atoms with Gasteiger partial charge in [0.15, 0.2) is 0 Å². The van der Waals surface area contributed by atoms with Crippen LogP contribution in [0.3, 0.4) is 0 Å². The molecule has 1 N–H and O–H groups in total. The summed E-state index contributed by atoms with van der Waals surface area (Å²) in [5.41, 5.74) is 2.10. The van der Waals surface area contributed by atoms with E-state index in [-0.39, 0.29) is 5.56 Å². The van der Waals surface area contributed by atoms with E-state index in [1.165, 1.54) is 9.13 Å². The quantitative estimate of drug-likeness (QED) is 0.650. The van der Waals surface area contributed by atoms with Crippen molar-refractivity contribution in [3.05, 3.63) is 68.8 Å². The minimum Gasteiger partial charge on any atom is -0.478 e. The zero-order valence-electron chi connectivity index (χ0n) is 10.8. The summed E-state index contributed by atoms with van der Waals surface area (Å²) in [5, 5.41) is 9.07. The molecule has 2 aromatic carbocycles. The summed E-state index contributed by atoms with van der Waals surface area (Å²) in [6, 6.07) is 15.0. The molecule has 0 heterocycles. The van der Waals surface area contributed by atoms with Crippen LogP contribution in [0, 0.1) is 15.4 Å². The highest BCUT2D eigenvalue weighted by atomic mass is 127. The van der Waals surface area contributed by atoms with Crippen molar-refractivity contribution in [3.63, 3.8) is 0 Å². The summed E-state index contributed by atoms with van der Waals surface area (Å²) in [4.78, 5) is 11.1. The van der Waals surface area contributed by atoms with Crippen molar-refractivity contribution in [3.8, 4) is 11.8 Å². The molecule has 2 aromatic rings. The number of aromatic carboxylic acids is 1. The summed E-state index contributed by atoms with van der Waals surface area (Å²) in [6.07, 6.45) is 1.59. The number of hydrogen-bond acceptors (Lipinski definition) is 1. The van der Waals surface area contributed by atoms with E-state index in [0.717, 1.165) is 6.42 Å². The molecule has 2 rings (SSSR count). The van der Waals surface area contributed by atoms with Gasteiger partial charge in [-0.1, -0.05) is 42.2 Å². The molecule has 0 aliphatic carbocycles. The van der Waals surface area contributed by atoms with E-state index in [0.29, 0.717) is 12.0 Å². The zero-order valence-corrected chi connectivity index (χ0v) is 12.9. The van der Waals surface area contributed by atoms with Crippen LogP contribution in [0.1, 0.15) is 27.9 Å². The van der Waals surface area contributed by atoms with Gasteiger partial charge in [0.1, 0.15) is 0 Å². The van der Waals surface area contributed by atoms with Crippen molar-refractivity contribution in [2.24, 2.45) is 0 Å². The van der Waals surface area contributed by atoms with E-state index in [4.69, 9.17) is 5.11 Å². The van der Waals surface area contributed by atoms with Crippen LogP contribution < -0.4 is 0 Å². The normalized spacial score (nSPS) is 9.65. The van der Waals surface area contributed by atoms with Crippen LogP contribution in [-0.4, -0.2) is 11.1 Å². The van der Waals surface area contributed by atoms with Crippen molar-refractivity contribution >= 4 is 28.6 Å². The molecular weight excluding hydrogens is 363 g/mol. The third kappa shape index (κ3) is 3.84.